The predicted molar refractivity (Wildman–Crippen MR) is 152 cm³/mol. The van der Waals surface area contributed by atoms with Gasteiger partial charge in [0.1, 0.15) is 0 Å². The first kappa shape index (κ1) is 23.6. The summed E-state index contributed by atoms with van der Waals surface area (Å²) in [6.45, 7) is 0. The Bertz CT molecular complexity index is 2220. The number of aromatic nitrogens is 4. The molecule has 0 spiro atoms. The fraction of sp³-hybridized carbons (Fsp3) is 0. The molecule has 0 fully saturated rings. The topological polar surface area (TPSA) is 106 Å². The maximum absolute atomic E-state index is 4.95. The van der Waals surface area contributed by atoms with Crippen LogP contribution in [0.3, 0.4) is 0 Å². The van der Waals surface area contributed by atoms with E-state index in [2.05, 4.69) is 0 Å². The van der Waals surface area contributed by atoms with Crippen LogP contribution in [-0.4, -0.2) is 0 Å². The second-order valence-corrected chi connectivity index (χ2v) is 9.67. The molecule has 1 aliphatic rings. The van der Waals surface area contributed by atoms with Gasteiger partial charge in [-0.25, -0.2) is 0 Å². The van der Waals surface area contributed by atoms with Crippen molar-refractivity contribution in [3.63, 3.8) is 0 Å². The fourth-order valence-electron chi connectivity index (χ4n) is 5.46. The summed E-state index contributed by atoms with van der Waals surface area (Å²) in [6, 6.07) is 31.8. The van der Waals surface area contributed by atoms with Crippen LogP contribution >= 0.6 is 0 Å². The molecular weight excluding hydrogens is 555 g/mol. The molecule has 0 saturated heterocycles. The Morgan fingerprint density at radius 2 is 0.512 bits per heavy atom. The first-order valence-corrected chi connectivity index (χ1v) is 12.9. The van der Waals surface area contributed by atoms with E-state index in [1.165, 1.54) is 0 Å². The first-order valence-electron chi connectivity index (χ1n) is 12.9. The van der Waals surface area contributed by atoms with Gasteiger partial charge in [0.2, 0.25) is 0 Å². The molecule has 0 saturated carbocycles. The average molecular weight is 571 g/mol. The van der Waals surface area contributed by atoms with Gasteiger partial charge in [-0.3, -0.25) is 0 Å². The van der Waals surface area contributed by atoms with Crippen molar-refractivity contribution in [2.24, 2.45) is 20.0 Å². The minimum absolute atomic E-state index is 0. The molecule has 41 heavy (non-hydrogen) atoms. The van der Waals surface area contributed by atoms with Gasteiger partial charge >= 0.3 is 0 Å². The molecule has 0 unspecified atom stereocenters. The van der Waals surface area contributed by atoms with Crippen molar-refractivity contribution in [3.05, 3.63) is 119 Å². The van der Waals surface area contributed by atoms with E-state index in [0.717, 1.165) is 43.1 Å². The predicted octanol–water partition coefficient (Wildman–Crippen LogP) is 4.24. The second-order valence-electron chi connectivity index (χ2n) is 9.67. The van der Waals surface area contributed by atoms with Gasteiger partial charge in [0.25, 0.3) is 0 Å². The number of hydrogen-bond donors (Lipinski definition) is 0. The Kier molecular flexibility index (Phi) is 5.12. The third-order valence-electron chi connectivity index (χ3n) is 7.33. The average Bonchev–Trinajstić information content (AvgIpc) is 3.73. The molecule has 4 aromatic carbocycles. The van der Waals surface area contributed by atoms with E-state index in [1.54, 1.807) is 0 Å². The van der Waals surface area contributed by atoms with E-state index in [0.29, 0.717) is 45.2 Å². The van der Waals surface area contributed by atoms with Gasteiger partial charge in [0.05, 0.1) is 0 Å². The van der Waals surface area contributed by atoms with Gasteiger partial charge < -0.3 is 39.9 Å². The summed E-state index contributed by atoms with van der Waals surface area (Å²) >= 11 is 0. The molecule has 8 aromatic rings. The monoisotopic (exact) mass is 571 g/mol. The number of fused-ring (bicyclic) bond motifs is 20. The zero-order valence-corrected chi connectivity index (χ0v) is 22.2. The summed E-state index contributed by atoms with van der Waals surface area (Å²) in [7, 11) is 0. The zero-order valence-electron chi connectivity index (χ0n) is 21.1. The minimum Gasteiger partial charge on any atom is -0.357 e. The van der Waals surface area contributed by atoms with Crippen molar-refractivity contribution in [1.82, 2.24) is 19.9 Å². The van der Waals surface area contributed by atoms with Crippen molar-refractivity contribution in [2.75, 3.05) is 0 Å². The Morgan fingerprint density at radius 1 is 0.293 bits per heavy atom. The molecule has 4 aromatic heterocycles. The molecule has 8 nitrogen and oxygen atoms in total. The molecule has 197 valence electrons. The third-order valence-corrected chi connectivity index (χ3v) is 7.33. The van der Waals surface area contributed by atoms with Crippen molar-refractivity contribution < 1.29 is 16.8 Å². The van der Waals surface area contributed by atoms with Crippen LogP contribution < -0.4 is 41.9 Å². The molecule has 0 aliphatic carbocycles. The summed E-state index contributed by atoms with van der Waals surface area (Å²) in [5, 5.41) is 7.15. The Morgan fingerprint density at radius 3 is 0.756 bits per heavy atom. The van der Waals surface area contributed by atoms with E-state index in [1.807, 2.05) is 97.1 Å². The summed E-state index contributed by atoms with van der Waals surface area (Å²) in [4.78, 5) is 39.3. The number of benzene rings is 4. The van der Waals surface area contributed by atoms with E-state index < -0.39 is 0 Å². The summed E-state index contributed by atoms with van der Waals surface area (Å²) in [6.07, 6.45) is 0. The molecular formula is C32H16CoN8-4. The van der Waals surface area contributed by atoms with Crippen LogP contribution in [-0.2, 0) is 16.8 Å². The van der Waals surface area contributed by atoms with Gasteiger partial charge in [0.15, 0.2) is 0 Å². The molecule has 1 aliphatic heterocycles. The molecule has 0 N–H and O–H groups in total. The molecule has 9 heteroatoms. The molecule has 8 bridgehead atoms. The summed E-state index contributed by atoms with van der Waals surface area (Å²) in [5.74, 6) is 2.21. The normalized spacial score (nSPS) is 15.8. The van der Waals surface area contributed by atoms with E-state index >= 15 is 0 Å². The van der Waals surface area contributed by atoms with Crippen LogP contribution in [0.2, 0.25) is 0 Å². The largest absolute Gasteiger partial charge is 0.357 e. The van der Waals surface area contributed by atoms with Crippen LogP contribution in [0.4, 0.5) is 23.3 Å². The Balaban J connectivity index is 0.00000256. The van der Waals surface area contributed by atoms with Crippen LogP contribution in [0.25, 0.3) is 43.1 Å². The van der Waals surface area contributed by atoms with E-state index in [-0.39, 0.29) is 16.8 Å². The van der Waals surface area contributed by atoms with Gasteiger partial charge in [-0.15, -0.1) is 0 Å². The number of hydrogen-bond acceptors (Lipinski definition) is 4. The van der Waals surface area contributed by atoms with Crippen molar-refractivity contribution >= 4 is 66.4 Å². The van der Waals surface area contributed by atoms with Crippen LogP contribution in [0.1, 0.15) is 0 Å². The number of rotatable bonds is 0. The molecule has 9 rings (SSSR count). The van der Waals surface area contributed by atoms with Gasteiger partial charge in [-0.05, 0) is 43.1 Å². The third kappa shape index (κ3) is 3.53. The maximum atomic E-state index is 4.95. The minimum atomic E-state index is 0. The second kappa shape index (κ2) is 8.88. The van der Waals surface area contributed by atoms with Crippen molar-refractivity contribution in [1.29, 1.82) is 0 Å². The zero-order chi connectivity index (χ0) is 26.2. The molecule has 0 atom stereocenters. The summed E-state index contributed by atoms with van der Waals surface area (Å²) in [5.41, 5.74) is 2.21. The molecule has 1 radical (unpaired) electrons. The molecule has 0 amide bonds. The standard InChI is InChI=1S/C32H16N8.Co/c1-2-10-18-17(9-1)25-33-26(18)38-28-21-13-5-6-14-22(21)30(35-28)40-32-24-16-8-7-15-23(24)31(36-32)39-29-20-12-4-3-11-19(20)27(34-29)37-25;/h1-16H;/q-4;. The van der Waals surface area contributed by atoms with E-state index in [4.69, 9.17) is 39.9 Å². The Labute approximate surface area is 241 Å². The van der Waals surface area contributed by atoms with Gasteiger partial charge in [0, 0.05) is 62.0 Å². The van der Waals surface area contributed by atoms with Crippen molar-refractivity contribution in [2.45, 2.75) is 0 Å². The Hall–Kier alpha value is -5.25. The fourth-order valence-corrected chi connectivity index (χ4v) is 5.46. The number of nitrogens with zero attached hydrogens (tertiary/aromatic N) is 8. The van der Waals surface area contributed by atoms with Crippen LogP contribution in [0.5, 0.6) is 0 Å². The first-order chi connectivity index (χ1) is 19.8. The van der Waals surface area contributed by atoms with E-state index in [9.17, 15) is 0 Å². The smallest absolute Gasteiger partial charge is 0.0184 e. The van der Waals surface area contributed by atoms with Crippen LogP contribution in [0.15, 0.2) is 117 Å². The van der Waals surface area contributed by atoms with Crippen molar-refractivity contribution in [3.8, 4) is 0 Å². The quantitative estimate of drug-likeness (QED) is 0.271. The van der Waals surface area contributed by atoms with Gasteiger partial charge in [-0.1, -0.05) is 97.1 Å². The molecule has 5 heterocycles. The van der Waals surface area contributed by atoms with Crippen LogP contribution in [0, 0.1) is 0 Å². The SMILES string of the molecule is [Co].c1ccc2c3[n-]c(c2c1)/N=c1\[n-]/c(c2ccccc12)=N\c1[n-]c(c2ccccc12)/N=c1\[n-]/c(c2ccccc12)=N\3. The summed E-state index contributed by atoms with van der Waals surface area (Å²) < 4.78 is 0. The van der Waals surface area contributed by atoms with Gasteiger partial charge in [-0.2, -0.15) is 0 Å². The maximum Gasteiger partial charge on any atom is 0.0184 e.